The molecule has 2 aliphatic rings. The van der Waals surface area contributed by atoms with E-state index in [1.807, 2.05) is 0 Å². The lowest BCUT2D eigenvalue weighted by molar-refractivity contribution is -0.451. The first-order valence-electron chi connectivity index (χ1n) is 11.3. The van der Waals surface area contributed by atoms with Crippen LogP contribution in [0.25, 0.3) is 0 Å². The summed E-state index contributed by atoms with van der Waals surface area (Å²) in [5.74, 6) is -61.9. The van der Waals surface area contributed by atoms with Crippen molar-refractivity contribution in [2.45, 2.75) is 41.7 Å². The lowest BCUT2D eigenvalue weighted by atomic mass is 9.91. The fourth-order valence-electron chi connectivity index (χ4n) is 3.57. The standard InChI is InChI=1S/C23H7F17N2O5/c24-15(17(26,27)18(28,29)19(30,31)20(32,33)21(34,35)22(36,37)23(38,39)40)16(25)47-10-6-8(41-11(43)1-2-12(41)44)5-9(7-10)42-13(45)3-4-14(42)46/h1-7H. The minimum Gasteiger partial charge on any atom is -0.429 e. The summed E-state index contributed by atoms with van der Waals surface area (Å²) in [6.45, 7) is 0. The van der Waals surface area contributed by atoms with Crippen LogP contribution in [-0.2, 0) is 19.2 Å². The first kappa shape index (κ1) is 36.8. The Morgan fingerprint density at radius 3 is 1.15 bits per heavy atom. The highest BCUT2D eigenvalue weighted by molar-refractivity contribution is 6.30. The predicted octanol–water partition coefficient (Wildman–Crippen LogP) is 6.41. The van der Waals surface area contributed by atoms with Crippen LogP contribution in [-0.4, -0.2) is 65.3 Å². The van der Waals surface area contributed by atoms with E-state index in [2.05, 4.69) is 4.74 Å². The summed E-state index contributed by atoms with van der Waals surface area (Å²) in [7, 11) is 0. The molecule has 0 unspecified atom stereocenters. The Labute approximate surface area is 246 Å². The zero-order valence-electron chi connectivity index (χ0n) is 21.4. The van der Waals surface area contributed by atoms with Crippen molar-refractivity contribution in [2.24, 2.45) is 0 Å². The molecule has 0 radical (unpaired) electrons. The normalized spacial score (nSPS) is 17.7. The SMILES string of the molecule is O=C1C=CC(=O)N1c1cc(OC(F)=C(F)C(F)(F)C(F)(F)C(F)(F)C(F)(F)C(F)(F)C(F)(F)C(F)(F)F)cc(N2C(=O)C=CC2=O)c1. The second-order valence-corrected chi connectivity index (χ2v) is 9.01. The Morgan fingerprint density at radius 2 is 0.809 bits per heavy atom. The largest absolute Gasteiger partial charge is 0.460 e. The van der Waals surface area contributed by atoms with E-state index in [0.29, 0.717) is 30.4 Å². The minimum atomic E-state index is -8.78. The van der Waals surface area contributed by atoms with E-state index >= 15 is 0 Å². The molecule has 2 aliphatic heterocycles. The fourth-order valence-corrected chi connectivity index (χ4v) is 3.57. The molecule has 7 nitrogen and oxygen atoms in total. The number of carbonyl (C=O) groups is 4. The number of benzene rings is 1. The van der Waals surface area contributed by atoms with Crippen molar-refractivity contribution >= 4 is 35.0 Å². The molecule has 258 valence electrons. The number of ether oxygens (including phenoxy) is 1. The molecule has 0 saturated carbocycles. The second-order valence-electron chi connectivity index (χ2n) is 9.01. The van der Waals surface area contributed by atoms with Gasteiger partial charge in [0.05, 0.1) is 11.4 Å². The third-order valence-electron chi connectivity index (χ3n) is 5.99. The maximum atomic E-state index is 14.4. The summed E-state index contributed by atoms with van der Waals surface area (Å²) in [6.07, 6.45) is -5.56. The van der Waals surface area contributed by atoms with E-state index < -0.39 is 94.3 Å². The Balaban J connectivity index is 2.11. The smallest absolute Gasteiger partial charge is 0.429 e. The Kier molecular flexibility index (Phi) is 8.58. The van der Waals surface area contributed by atoms with E-state index in [0.717, 1.165) is 0 Å². The summed E-state index contributed by atoms with van der Waals surface area (Å²) in [4.78, 5) is 48.2. The summed E-state index contributed by atoms with van der Waals surface area (Å²) in [6, 6.07) is -2.86. The van der Waals surface area contributed by atoms with Gasteiger partial charge in [-0.1, -0.05) is 0 Å². The van der Waals surface area contributed by atoms with Crippen LogP contribution in [0.2, 0.25) is 0 Å². The number of carbonyl (C=O) groups excluding carboxylic acids is 4. The van der Waals surface area contributed by atoms with E-state index in [4.69, 9.17) is 0 Å². The minimum absolute atomic E-state index is 0.120. The maximum Gasteiger partial charge on any atom is 0.460 e. The molecule has 0 N–H and O–H groups in total. The number of hydrogen-bond acceptors (Lipinski definition) is 5. The molecule has 47 heavy (non-hydrogen) atoms. The lowest BCUT2D eigenvalue weighted by Gasteiger charge is -2.41. The molecule has 1 aromatic carbocycles. The van der Waals surface area contributed by atoms with Crippen molar-refractivity contribution in [1.29, 1.82) is 0 Å². The molecule has 0 aliphatic carbocycles. The quantitative estimate of drug-likeness (QED) is 0.159. The van der Waals surface area contributed by atoms with Gasteiger partial charge in [-0.3, -0.25) is 19.2 Å². The number of rotatable bonds is 10. The molecule has 0 saturated heterocycles. The van der Waals surface area contributed by atoms with Crippen molar-refractivity contribution in [2.75, 3.05) is 9.80 Å². The highest BCUT2D eigenvalue weighted by atomic mass is 19.4. The number of allylic oxidation sites excluding steroid dienone is 1. The van der Waals surface area contributed by atoms with Gasteiger partial charge in [-0.2, -0.15) is 74.6 Å². The van der Waals surface area contributed by atoms with Crippen LogP contribution < -0.4 is 14.5 Å². The summed E-state index contributed by atoms with van der Waals surface area (Å²) in [5, 5.41) is 0. The molecule has 3 rings (SSSR count). The van der Waals surface area contributed by atoms with Crippen molar-refractivity contribution in [3.05, 3.63) is 54.3 Å². The van der Waals surface area contributed by atoms with Crippen molar-refractivity contribution in [3.8, 4) is 5.75 Å². The van der Waals surface area contributed by atoms with Gasteiger partial charge in [-0.05, 0) is 6.07 Å². The van der Waals surface area contributed by atoms with Gasteiger partial charge < -0.3 is 4.74 Å². The van der Waals surface area contributed by atoms with Gasteiger partial charge >= 0.3 is 47.7 Å². The molecule has 0 atom stereocenters. The molecule has 1 aromatic rings. The van der Waals surface area contributed by atoms with Gasteiger partial charge in [0.1, 0.15) is 5.75 Å². The number of imide groups is 2. The highest BCUT2D eigenvalue weighted by Gasteiger charge is 2.94. The molecule has 24 heteroatoms. The van der Waals surface area contributed by atoms with Crippen molar-refractivity contribution in [1.82, 2.24) is 0 Å². The van der Waals surface area contributed by atoms with Crippen LogP contribution >= 0.6 is 0 Å². The lowest BCUT2D eigenvalue weighted by Crippen LogP contribution is -2.72. The zero-order valence-corrected chi connectivity index (χ0v) is 21.4. The van der Waals surface area contributed by atoms with Crippen LogP contribution in [0.3, 0.4) is 0 Å². The van der Waals surface area contributed by atoms with Gasteiger partial charge in [-0.15, -0.1) is 0 Å². The van der Waals surface area contributed by atoms with E-state index in [-0.39, 0.29) is 21.9 Å². The average molecular weight is 714 g/mol. The van der Waals surface area contributed by atoms with E-state index in [9.17, 15) is 93.8 Å². The van der Waals surface area contributed by atoms with Crippen LogP contribution in [0.5, 0.6) is 5.75 Å². The number of hydrogen-bond donors (Lipinski definition) is 0. The van der Waals surface area contributed by atoms with Gasteiger partial charge in [0, 0.05) is 36.4 Å². The van der Waals surface area contributed by atoms with Crippen LogP contribution in [0.15, 0.2) is 54.3 Å². The van der Waals surface area contributed by atoms with Crippen LogP contribution in [0.1, 0.15) is 0 Å². The van der Waals surface area contributed by atoms with Gasteiger partial charge in [-0.25, -0.2) is 9.80 Å². The third kappa shape index (κ3) is 5.35. The summed E-state index contributed by atoms with van der Waals surface area (Å²) >= 11 is 0. The summed E-state index contributed by atoms with van der Waals surface area (Å²) < 4.78 is 233. The Hall–Kier alpha value is -4.67. The highest BCUT2D eigenvalue weighted by Crippen LogP contribution is 2.63. The fraction of sp³-hybridized carbons (Fsp3) is 0.304. The van der Waals surface area contributed by atoms with Gasteiger partial charge in [0.15, 0.2) is 0 Å². The monoisotopic (exact) mass is 714 g/mol. The summed E-state index contributed by atoms with van der Waals surface area (Å²) in [5.41, 5.74) is -1.76. The van der Waals surface area contributed by atoms with Crippen LogP contribution in [0.4, 0.5) is 86.0 Å². The molecular weight excluding hydrogens is 707 g/mol. The Bertz CT molecular complexity index is 1530. The number of nitrogens with zero attached hydrogens (tertiary/aromatic N) is 2. The average Bonchev–Trinajstić information content (AvgIpc) is 3.45. The molecular formula is C23H7F17N2O5. The molecule has 0 aromatic heterocycles. The van der Waals surface area contributed by atoms with Crippen LogP contribution in [0, 0.1) is 0 Å². The van der Waals surface area contributed by atoms with E-state index in [1.165, 1.54) is 0 Å². The first-order valence-corrected chi connectivity index (χ1v) is 11.3. The maximum absolute atomic E-state index is 14.4. The number of alkyl halides is 15. The number of amides is 4. The second kappa shape index (κ2) is 11.0. The van der Waals surface area contributed by atoms with Crippen molar-refractivity contribution in [3.63, 3.8) is 0 Å². The molecule has 0 bridgehead atoms. The van der Waals surface area contributed by atoms with E-state index in [1.54, 1.807) is 0 Å². The van der Waals surface area contributed by atoms with Gasteiger partial charge in [0.2, 0.25) is 5.83 Å². The molecule has 2 heterocycles. The number of halogens is 17. The Morgan fingerprint density at radius 1 is 0.489 bits per heavy atom. The number of anilines is 2. The molecule has 0 fully saturated rings. The first-order chi connectivity index (χ1) is 21.0. The molecule has 4 amide bonds. The predicted molar refractivity (Wildman–Crippen MR) is 115 cm³/mol. The molecule has 0 spiro atoms. The zero-order chi connectivity index (χ0) is 36.5. The third-order valence-corrected chi connectivity index (χ3v) is 5.99. The van der Waals surface area contributed by atoms with Crippen molar-refractivity contribution < 1.29 is 98.6 Å². The topological polar surface area (TPSA) is 84.0 Å². The van der Waals surface area contributed by atoms with Gasteiger partial charge in [0.25, 0.3) is 23.6 Å².